The maximum Gasteiger partial charge on any atom is 0.259 e. The lowest BCUT2D eigenvalue weighted by molar-refractivity contribution is -0.463. The van der Waals surface area contributed by atoms with Crippen LogP contribution < -0.4 is 17.2 Å². The van der Waals surface area contributed by atoms with Gasteiger partial charge in [0.2, 0.25) is 5.91 Å². The van der Waals surface area contributed by atoms with E-state index in [9.17, 15) is 14.9 Å². The molecule has 0 aromatic carbocycles. The second kappa shape index (κ2) is 6.71. The first-order valence-electron chi connectivity index (χ1n) is 4.39. The Morgan fingerprint density at radius 2 is 2.07 bits per heavy atom. The van der Waals surface area contributed by atoms with E-state index in [-0.39, 0.29) is 5.84 Å². The van der Waals surface area contributed by atoms with Crippen LogP contribution in [-0.2, 0) is 4.79 Å². The molecule has 0 saturated heterocycles. The van der Waals surface area contributed by atoms with Crippen LogP contribution in [0, 0.1) is 10.1 Å². The van der Waals surface area contributed by atoms with Gasteiger partial charge in [-0.2, -0.15) is 0 Å². The minimum Gasteiger partial charge on any atom is -0.382 e. The monoisotopic (exact) mass is 217 g/mol. The number of amides is 1. The van der Waals surface area contributed by atoms with Gasteiger partial charge in [-0.3, -0.25) is 19.9 Å². The summed E-state index contributed by atoms with van der Waals surface area (Å²) >= 11 is 0. The molecule has 0 fully saturated rings. The Morgan fingerprint density at radius 3 is 2.53 bits per heavy atom. The van der Waals surface area contributed by atoms with E-state index in [4.69, 9.17) is 17.2 Å². The second-order valence-corrected chi connectivity index (χ2v) is 3.01. The van der Waals surface area contributed by atoms with Crippen molar-refractivity contribution < 1.29 is 9.72 Å². The van der Waals surface area contributed by atoms with E-state index in [0.29, 0.717) is 19.4 Å². The van der Waals surface area contributed by atoms with Gasteiger partial charge in [0.05, 0.1) is 6.04 Å². The number of carbonyl (C=O) groups excluding carboxylic acids is 1. The average molecular weight is 217 g/mol. The van der Waals surface area contributed by atoms with Crippen LogP contribution in [0.3, 0.4) is 0 Å². The summed E-state index contributed by atoms with van der Waals surface area (Å²) < 4.78 is 0. The van der Waals surface area contributed by atoms with Gasteiger partial charge in [-0.1, -0.05) is 0 Å². The molecule has 6 N–H and O–H groups in total. The van der Waals surface area contributed by atoms with Crippen molar-refractivity contribution >= 4 is 11.7 Å². The third-order valence-electron chi connectivity index (χ3n) is 1.64. The number of primary amides is 1. The molecule has 0 aliphatic heterocycles. The molecule has 0 aromatic heterocycles. The molecule has 0 aliphatic rings. The molecule has 1 unspecified atom stereocenters. The number of hydrogen-bond acceptors (Lipinski definition) is 5. The number of nitro groups is 1. The quantitative estimate of drug-likeness (QED) is 0.151. The van der Waals surface area contributed by atoms with Gasteiger partial charge in [-0.15, -0.1) is 0 Å². The predicted octanol–water partition coefficient (Wildman–Crippen LogP) is -1.79. The fraction of sp³-hybridized carbons (Fsp3) is 0.714. The number of nitrogens with two attached hydrogens (primary N) is 3. The lowest BCUT2D eigenvalue weighted by Gasteiger charge is -2.04. The Balaban J connectivity index is 3.69. The maximum absolute atomic E-state index is 10.5. The number of hydrogen-bond donors (Lipinski definition) is 3. The molecule has 0 rings (SSSR count). The van der Waals surface area contributed by atoms with E-state index in [0.717, 1.165) is 0 Å². The molecule has 86 valence electrons. The zero-order valence-corrected chi connectivity index (χ0v) is 8.26. The zero-order chi connectivity index (χ0) is 11.8. The van der Waals surface area contributed by atoms with Crippen molar-refractivity contribution in [3.8, 4) is 0 Å². The summed E-state index contributed by atoms with van der Waals surface area (Å²) in [5, 5.41) is 10.0. The smallest absolute Gasteiger partial charge is 0.259 e. The molecule has 8 heteroatoms. The summed E-state index contributed by atoms with van der Waals surface area (Å²) in [6, 6.07) is -0.697. The minimum absolute atomic E-state index is 0.0346. The van der Waals surface area contributed by atoms with E-state index in [2.05, 4.69) is 4.99 Å². The van der Waals surface area contributed by atoms with Crippen LogP contribution in [0.1, 0.15) is 12.8 Å². The lowest BCUT2D eigenvalue weighted by Crippen LogP contribution is -2.36. The molecule has 0 bridgehead atoms. The molecule has 1 atom stereocenters. The first-order chi connectivity index (χ1) is 6.93. The van der Waals surface area contributed by atoms with Crippen molar-refractivity contribution in [1.29, 1.82) is 0 Å². The number of aliphatic imine (C=N–C) groups is 1. The van der Waals surface area contributed by atoms with E-state index in [1.807, 2.05) is 0 Å². The topological polar surface area (TPSA) is 151 Å². The maximum atomic E-state index is 10.5. The van der Waals surface area contributed by atoms with Crippen LogP contribution in [0.5, 0.6) is 0 Å². The largest absolute Gasteiger partial charge is 0.382 e. The zero-order valence-electron chi connectivity index (χ0n) is 8.26. The first kappa shape index (κ1) is 13.3. The summed E-state index contributed by atoms with van der Waals surface area (Å²) in [6.45, 7) is -0.164. The molecule has 0 spiro atoms. The number of rotatable bonds is 7. The molecule has 0 saturated carbocycles. The van der Waals surface area contributed by atoms with Gasteiger partial charge in [0.1, 0.15) is 0 Å². The fourth-order valence-electron chi connectivity index (χ4n) is 0.858. The number of carbonyl (C=O) groups is 1. The summed E-state index contributed by atoms with van der Waals surface area (Å²) in [5.74, 6) is -0.607. The van der Waals surface area contributed by atoms with Crippen molar-refractivity contribution in [3.05, 3.63) is 10.1 Å². The van der Waals surface area contributed by atoms with E-state index in [1.54, 1.807) is 0 Å². The van der Waals surface area contributed by atoms with E-state index in [1.165, 1.54) is 0 Å². The summed E-state index contributed by atoms with van der Waals surface area (Å²) in [7, 11) is 0. The predicted molar refractivity (Wildman–Crippen MR) is 54.8 cm³/mol. The van der Waals surface area contributed by atoms with Crippen molar-refractivity contribution in [2.24, 2.45) is 22.2 Å². The third-order valence-corrected chi connectivity index (χ3v) is 1.64. The van der Waals surface area contributed by atoms with Crippen LogP contribution in [0.25, 0.3) is 0 Å². The van der Waals surface area contributed by atoms with Crippen LogP contribution in [0.15, 0.2) is 4.99 Å². The van der Waals surface area contributed by atoms with Gasteiger partial charge in [0.15, 0.2) is 5.84 Å². The number of amidine groups is 1. The van der Waals surface area contributed by atoms with E-state index >= 15 is 0 Å². The van der Waals surface area contributed by atoms with Crippen LogP contribution in [0.4, 0.5) is 0 Å². The van der Waals surface area contributed by atoms with Crippen molar-refractivity contribution in [2.45, 2.75) is 18.9 Å². The van der Waals surface area contributed by atoms with Gasteiger partial charge >= 0.3 is 0 Å². The van der Waals surface area contributed by atoms with Gasteiger partial charge in [-0.05, 0) is 12.8 Å². The Hall–Kier alpha value is -1.70. The Labute approximate surface area is 86.7 Å². The SMILES string of the molecule is NC(=O)C(N)CCCN=C(N)C[N+](=O)[O-]. The highest BCUT2D eigenvalue weighted by molar-refractivity contribution is 5.81. The molecule has 15 heavy (non-hydrogen) atoms. The molecule has 0 aromatic rings. The fourth-order valence-corrected chi connectivity index (χ4v) is 0.858. The first-order valence-corrected chi connectivity index (χ1v) is 4.39. The van der Waals surface area contributed by atoms with Crippen molar-refractivity contribution in [3.63, 3.8) is 0 Å². The van der Waals surface area contributed by atoms with Crippen LogP contribution in [-0.4, -0.2) is 35.8 Å². The molecular weight excluding hydrogens is 202 g/mol. The van der Waals surface area contributed by atoms with Gasteiger partial charge in [0.25, 0.3) is 6.54 Å². The average Bonchev–Trinajstić information content (AvgIpc) is 2.10. The Kier molecular flexibility index (Phi) is 5.95. The standard InChI is InChI=1S/C7H15N5O3/c8-5(7(10)13)2-1-3-11-6(9)4-12(14)15/h5H,1-4,8H2,(H2,9,11)(H2,10,13). The minimum atomic E-state index is -0.697. The molecule has 0 aliphatic carbocycles. The molecule has 0 radical (unpaired) electrons. The molecule has 1 amide bonds. The highest BCUT2D eigenvalue weighted by Gasteiger charge is 2.07. The van der Waals surface area contributed by atoms with Gasteiger partial charge in [-0.25, -0.2) is 0 Å². The Morgan fingerprint density at radius 1 is 1.47 bits per heavy atom. The van der Waals surface area contributed by atoms with Gasteiger partial charge < -0.3 is 17.2 Å². The second-order valence-electron chi connectivity index (χ2n) is 3.01. The van der Waals surface area contributed by atoms with Crippen molar-refractivity contribution in [1.82, 2.24) is 0 Å². The third kappa shape index (κ3) is 7.38. The molecular formula is C7H15N5O3. The number of nitrogens with zero attached hydrogens (tertiary/aromatic N) is 2. The molecule has 0 heterocycles. The normalized spacial score (nSPS) is 13.5. The highest BCUT2D eigenvalue weighted by atomic mass is 16.6. The summed E-state index contributed by atoms with van der Waals surface area (Å²) in [4.78, 5) is 23.7. The Bertz CT molecular complexity index is 265. The van der Waals surface area contributed by atoms with Crippen LogP contribution >= 0.6 is 0 Å². The lowest BCUT2D eigenvalue weighted by atomic mass is 10.1. The van der Waals surface area contributed by atoms with Crippen molar-refractivity contribution in [2.75, 3.05) is 13.1 Å². The summed E-state index contributed by atoms with van der Waals surface area (Å²) in [5.41, 5.74) is 15.5. The van der Waals surface area contributed by atoms with Gasteiger partial charge in [0, 0.05) is 11.5 Å². The van der Waals surface area contributed by atoms with Crippen LogP contribution in [0.2, 0.25) is 0 Å². The highest BCUT2D eigenvalue weighted by Crippen LogP contribution is 1.94. The molecule has 8 nitrogen and oxygen atoms in total. The summed E-state index contributed by atoms with van der Waals surface area (Å²) in [6.07, 6.45) is 0.910. The van der Waals surface area contributed by atoms with E-state index < -0.39 is 23.4 Å².